The molecule has 2 aromatic rings. The van der Waals surface area contributed by atoms with E-state index in [2.05, 4.69) is 10.6 Å². The lowest BCUT2D eigenvalue weighted by Crippen LogP contribution is -2.35. The lowest BCUT2D eigenvalue weighted by Gasteiger charge is -2.19. The molecule has 1 aliphatic rings. The molecule has 1 fully saturated rings. The molecule has 7 nitrogen and oxygen atoms in total. The molecule has 0 bridgehead atoms. The first-order valence-corrected chi connectivity index (χ1v) is 9.18. The zero-order valence-corrected chi connectivity index (χ0v) is 16.1. The van der Waals surface area contributed by atoms with E-state index in [0.717, 1.165) is 6.42 Å². The third-order valence-corrected chi connectivity index (χ3v) is 4.77. The molecule has 0 aliphatic carbocycles. The van der Waals surface area contributed by atoms with Gasteiger partial charge in [0.2, 0.25) is 5.91 Å². The molecule has 28 heavy (non-hydrogen) atoms. The van der Waals surface area contributed by atoms with E-state index in [1.165, 1.54) is 7.11 Å². The predicted molar refractivity (Wildman–Crippen MR) is 107 cm³/mol. The first kappa shape index (κ1) is 19.7. The van der Waals surface area contributed by atoms with Crippen molar-refractivity contribution in [2.75, 3.05) is 23.9 Å². The number of hydrogen-bond acceptors (Lipinski definition) is 4. The Morgan fingerprint density at radius 1 is 1.18 bits per heavy atom. The highest BCUT2D eigenvalue weighted by Gasteiger charge is 2.25. The number of nitrogens with one attached hydrogen (secondary N) is 2. The summed E-state index contributed by atoms with van der Waals surface area (Å²) in [5.41, 5.74) is 1.75. The van der Waals surface area contributed by atoms with Crippen molar-refractivity contribution in [1.29, 1.82) is 0 Å². The van der Waals surface area contributed by atoms with Crippen LogP contribution in [-0.4, -0.2) is 31.4 Å². The van der Waals surface area contributed by atoms with Crippen LogP contribution in [-0.2, 0) is 20.9 Å². The summed E-state index contributed by atoms with van der Waals surface area (Å²) in [7, 11) is 1.49. The van der Waals surface area contributed by atoms with E-state index >= 15 is 0 Å². The Morgan fingerprint density at radius 2 is 1.96 bits per heavy atom. The van der Waals surface area contributed by atoms with Crippen molar-refractivity contribution >= 4 is 40.7 Å². The number of anilines is 2. The standard InChI is InChI=1S/C20H20ClN3O4/c1-28-17-11-14(8-9-16(17)24-10-4-7-18(24)25)23-20(27)19(26)22-12-13-5-2-3-6-15(13)21/h2-3,5-6,8-9,11H,4,7,10,12H2,1H3,(H,22,26)(H,23,27). The van der Waals surface area contributed by atoms with Gasteiger partial charge in [0.05, 0.1) is 12.8 Å². The van der Waals surface area contributed by atoms with E-state index in [9.17, 15) is 14.4 Å². The first-order chi connectivity index (χ1) is 13.5. The maximum Gasteiger partial charge on any atom is 0.313 e. The Kier molecular flexibility index (Phi) is 6.16. The lowest BCUT2D eigenvalue weighted by atomic mass is 10.2. The molecule has 0 radical (unpaired) electrons. The van der Waals surface area contributed by atoms with E-state index in [0.29, 0.717) is 40.7 Å². The summed E-state index contributed by atoms with van der Waals surface area (Å²) in [5.74, 6) is -1.10. The maximum atomic E-state index is 12.1. The van der Waals surface area contributed by atoms with Crippen LogP contribution >= 0.6 is 11.6 Å². The zero-order chi connectivity index (χ0) is 20.1. The van der Waals surface area contributed by atoms with Crippen molar-refractivity contribution in [3.05, 3.63) is 53.1 Å². The topological polar surface area (TPSA) is 87.7 Å². The second-order valence-electron chi connectivity index (χ2n) is 6.26. The number of ether oxygens (including phenoxy) is 1. The summed E-state index contributed by atoms with van der Waals surface area (Å²) in [6, 6.07) is 12.0. The van der Waals surface area contributed by atoms with Gasteiger partial charge in [0.15, 0.2) is 0 Å². The minimum absolute atomic E-state index is 0.0361. The highest BCUT2D eigenvalue weighted by molar-refractivity contribution is 6.39. The third-order valence-electron chi connectivity index (χ3n) is 4.41. The molecule has 146 valence electrons. The van der Waals surface area contributed by atoms with Crippen molar-refractivity contribution in [2.24, 2.45) is 0 Å². The Bertz CT molecular complexity index is 916. The monoisotopic (exact) mass is 401 g/mol. The van der Waals surface area contributed by atoms with Gasteiger partial charge in [0.1, 0.15) is 5.75 Å². The summed E-state index contributed by atoms with van der Waals surface area (Å²) in [5, 5.41) is 5.57. The first-order valence-electron chi connectivity index (χ1n) is 8.80. The fourth-order valence-electron chi connectivity index (χ4n) is 2.97. The molecule has 1 saturated heterocycles. The SMILES string of the molecule is COc1cc(NC(=O)C(=O)NCc2ccccc2Cl)ccc1N1CCCC1=O. The van der Waals surface area contributed by atoms with Gasteiger partial charge in [-0.3, -0.25) is 14.4 Å². The molecule has 3 rings (SSSR count). The number of amides is 3. The van der Waals surface area contributed by atoms with Gasteiger partial charge in [-0.15, -0.1) is 0 Å². The van der Waals surface area contributed by atoms with Crippen LogP contribution in [0, 0.1) is 0 Å². The van der Waals surface area contributed by atoms with E-state index in [1.54, 1.807) is 47.4 Å². The van der Waals surface area contributed by atoms with Gasteiger partial charge in [-0.05, 0) is 30.2 Å². The average molecular weight is 402 g/mol. The van der Waals surface area contributed by atoms with Crippen molar-refractivity contribution in [3.8, 4) is 5.75 Å². The Morgan fingerprint density at radius 3 is 2.64 bits per heavy atom. The van der Waals surface area contributed by atoms with Crippen LogP contribution in [0.15, 0.2) is 42.5 Å². The van der Waals surface area contributed by atoms with Gasteiger partial charge in [-0.25, -0.2) is 0 Å². The van der Waals surface area contributed by atoms with E-state index < -0.39 is 11.8 Å². The minimum atomic E-state index is -0.806. The molecule has 0 atom stereocenters. The number of nitrogens with zero attached hydrogens (tertiary/aromatic N) is 1. The summed E-state index contributed by atoms with van der Waals surface area (Å²) in [4.78, 5) is 37.8. The Balaban J connectivity index is 1.64. The third kappa shape index (κ3) is 4.43. The molecule has 1 aliphatic heterocycles. The summed E-state index contributed by atoms with van der Waals surface area (Å²) < 4.78 is 5.35. The average Bonchev–Trinajstić information content (AvgIpc) is 3.12. The second kappa shape index (κ2) is 8.75. The summed E-state index contributed by atoms with van der Waals surface area (Å²) >= 11 is 6.04. The van der Waals surface area contributed by atoms with Gasteiger partial charge in [0.25, 0.3) is 0 Å². The summed E-state index contributed by atoms with van der Waals surface area (Å²) in [6.07, 6.45) is 1.30. The quantitative estimate of drug-likeness (QED) is 0.754. The lowest BCUT2D eigenvalue weighted by molar-refractivity contribution is -0.136. The zero-order valence-electron chi connectivity index (χ0n) is 15.3. The molecule has 0 saturated carbocycles. The number of rotatable bonds is 5. The van der Waals surface area contributed by atoms with E-state index in [4.69, 9.17) is 16.3 Å². The Labute approximate surface area is 167 Å². The van der Waals surface area contributed by atoms with Crippen molar-refractivity contribution < 1.29 is 19.1 Å². The molecule has 3 amide bonds. The number of methoxy groups -OCH3 is 1. The predicted octanol–water partition coefficient (Wildman–Crippen LogP) is 2.73. The molecule has 2 aromatic carbocycles. The Hall–Kier alpha value is -3.06. The molecule has 0 aromatic heterocycles. The van der Waals surface area contributed by atoms with Crippen LogP contribution < -0.4 is 20.3 Å². The van der Waals surface area contributed by atoms with Gasteiger partial charge in [-0.2, -0.15) is 0 Å². The molecule has 0 spiro atoms. The van der Waals surface area contributed by atoms with Crippen LogP contribution in [0.1, 0.15) is 18.4 Å². The van der Waals surface area contributed by atoms with Gasteiger partial charge >= 0.3 is 11.8 Å². The van der Waals surface area contributed by atoms with Crippen molar-refractivity contribution in [2.45, 2.75) is 19.4 Å². The van der Waals surface area contributed by atoms with E-state index in [-0.39, 0.29) is 12.5 Å². The maximum absolute atomic E-state index is 12.1. The van der Waals surface area contributed by atoms with Gasteiger partial charge in [-0.1, -0.05) is 29.8 Å². The number of hydrogen-bond donors (Lipinski definition) is 2. The molecule has 8 heteroatoms. The number of carbonyl (C=O) groups excluding carboxylic acids is 3. The number of benzene rings is 2. The van der Waals surface area contributed by atoms with Crippen molar-refractivity contribution in [3.63, 3.8) is 0 Å². The molecule has 2 N–H and O–H groups in total. The number of carbonyl (C=O) groups is 3. The highest BCUT2D eigenvalue weighted by atomic mass is 35.5. The van der Waals surface area contributed by atoms with Crippen molar-refractivity contribution in [1.82, 2.24) is 5.32 Å². The molecule has 1 heterocycles. The highest BCUT2D eigenvalue weighted by Crippen LogP contribution is 2.33. The normalized spacial score (nSPS) is 13.4. The van der Waals surface area contributed by atoms with Crippen LogP contribution in [0.3, 0.4) is 0 Å². The fourth-order valence-corrected chi connectivity index (χ4v) is 3.17. The number of halogens is 1. The molecule has 0 unspecified atom stereocenters. The largest absolute Gasteiger partial charge is 0.494 e. The van der Waals surface area contributed by atoms with Crippen LogP contribution in [0.2, 0.25) is 5.02 Å². The smallest absolute Gasteiger partial charge is 0.313 e. The minimum Gasteiger partial charge on any atom is -0.494 e. The summed E-state index contributed by atoms with van der Waals surface area (Å²) in [6.45, 7) is 0.774. The van der Waals surface area contributed by atoms with Crippen LogP contribution in [0.25, 0.3) is 0 Å². The van der Waals surface area contributed by atoms with Gasteiger partial charge in [0, 0.05) is 36.3 Å². The second-order valence-corrected chi connectivity index (χ2v) is 6.67. The van der Waals surface area contributed by atoms with Crippen LogP contribution in [0.4, 0.5) is 11.4 Å². The molecular weight excluding hydrogens is 382 g/mol. The fraction of sp³-hybridized carbons (Fsp3) is 0.250. The van der Waals surface area contributed by atoms with Gasteiger partial charge < -0.3 is 20.3 Å². The van der Waals surface area contributed by atoms with Crippen LogP contribution in [0.5, 0.6) is 5.75 Å². The van der Waals surface area contributed by atoms with E-state index in [1.807, 2.05) is 0 Å². The molecular formula is C20H20ClN3O4.